The van der Waals surface area contributed by atoms with E-state index in [-0.39, 0.29) is 29.7 Å². The summed E-state index contributed by atoms with van der Waals surface area (Å²) in [6, 6.07) is 5.86. The molecule has 1 amide bonds. The fourth-order valence-electron chi connectivity index (χ4n) is 2.11. The Kier molecular flexibility index (Phi) is 6.18. The van der Waals surface area contributed by atoms with Gasteiger partial charge in [0.05, 0.1) is 6.04 Å². The molecule has 0 bridgehead atoms. The summed E-state index contributed by atoms with van der Waals surface area (Å²) in [7, 11) is 0. The third-order valence-corrected chi connectivity index (χ3v) is 3.51. The zero-order valence-corrected chi connectivity index (χ0v) is 13.0. The summed E-state index contributed by atoms with van der Waals surface area (Å²) in [4.78, 5) is 12.2. The number of phenolic OH excluding ortho intramolecular Hbond substituents is 1. The summed E-state index contributed by atoms with van der Waals surface area (Å²) in [5.41, 5.74) is 6.69. The van der Waals surface area contributed by atoms with E-state index in [1.807, 2.05) is 20.8 Å². The molecule has 0 fully saturated rings. The predicted molar refractivity (Wildman–Crippen MR) is 82.9 cm³/mol. The molecule has 0 aliphatic heterocycles. The number of amides is 1. The molecule has 5 nitrogen and oxygen atoms in total. The largest absolute Gasteiger partial charge is 0.508 e. The molecule has 0 aliphatic carbocycles. The van der Waals surface area contributed by atoms with Gasteiger partial charge in [-0.1, -0.05) is 32.9 Å². The van der Waals surface area contributed by atoms with Crippen LogP contribution in [0, 0.1) is 5.41 Å². The summed E-state index contributed by atoms with van der Waals surface area (Å²) < 4.78 is 0. The van der Waals surface area contributed by atoms with Gasteiger partial charge in [0, 0.05) is 12.6 Å². The first-order valence-electron chi connectivity index (χ1n) is 7.18. The number of hydrogen-bond donors (Lipinski definition) is 4. The van der Waals surface area contributed by atoms with E-state index < -0.39 is 6.04 Å². The molecule has 21 heavy (non-hydrogen) atoms. The van der Waals surface area contributed by atoms with Gasteiger partial charge in [0.2, 0.25) is 5.91 Å². The lowest BCUT2D eigenvalue weighted by Crippen LogP contribution is -2.51. The minimum atomic E-state index is -0.655. The van der Waals surface area contributed by atoms with Crippen molar-refractivity contribution in [2.75, 3.05) is 6.61 Å². The van der Waals surface area contributed by atoms with E-state index in [9.17, 15) is 9.90 Å². The van der Waals surface area contributed by atoms with E-state index in [1.54, 1.807) is 24.3 Å². The van der Waals surface area contributed by atoms with Gasteiger partial charge in [-0.05, 0) is 36.0 Å². The highest BCUT2D eigenvalue weighted by atomic mass is 16.3. The number of benzene rings is 1. The molecule has 0 saturated carbocycles. The Balaban J connectivity index is 2.62. The molecular formula is C16H26N2O3. The van der Waals surface area contributed by atoms with Crippen LogP contribution < -0.4 is 11.1 Å². The van der Waals surface area contributed by atoms with Gasteiger partial charge in [0.1, 0.15) is 5.75 Å². The fourth-order valence-corrected chi connectivity index (χ4v) is 2.11. The number of hydrogen-bond acceptors (Lipinski definition) is 4. The quantitative estimate of drug-likeness (QED) is 0.633. The summed E-state index contributed by atoms with van der Waals surface area (Å²) in [5, 5.41) is 21.3. The van der Waals surface area contributed by atoms with Crippen LogP contribution >= 0.6 is 0 Å². The average Bonchev–Trinajstić information content (AvgIpc) is 2.39. The van der Waals surface area contributed by atoms with Crippen molar-refractivity contribution in [3.05, 3.63) is 29.8 Å². The molecular weight excluding hydrogens is 268 g/mol. The molecule has 2 atom stereocenters. The number of aliphatic hydroxyl groups excluding tert-OH is 1. The van der Waals surface area contributed by atoms with Crippen LogP contribution in [-0.4, -0.2) is 34.8 Å². The van der Waals surface area contributed by atoms with Crippen LogP contribution in [0.25, 0.3) is 0 Å². The lowest BCUT2D eigenvalue weighted by atomic mass is 9.84. The number of carbonyl (C=O) groups is 1. The molecule has 1 rings (SSSR count). The first-order valence-corrected chi connectivity index (χ1v) is 7.18. The number of rotatable bonds is 6. The second kappa shape index (κ2) is 7.43. The van der Waals surface area contributed by atoms with Crippen LogP contribution in [-0.2, 0) is 11.2 Å². The molecule has 5 heteroatoms. The van der Waals surface area contributed by atoms with Crippen molar-refractivity contribution in [1.82, 2.24) is 5.32 Å². The minimum absolute atomic E-state index is 0.0232. The predicted octanol–water partition coefficient (Wildman–Crippen LogP) is 1.18. The Bertz CT molecular complexity index is 452. The van der Waals surface area contributed by atoms with Gasteiger partial charge >= 0.3 is 0 Å². The molecule has 0 heterocycles. The molecule has 118 valence electrons. The van der Waals surface area contributed by atoms with E-state index in [4.69, 9.17) is 10.8 Å². The Morgan fingerprint density at radius 3 is 2.33 bits per heavy atom. The normalized spacial score (nSPS) is 14.5. The van der Waals surface area contributed by atoms with E-state index >= 15 is 0 Å². The van der Waals surface area contributed by atoms with Crippen LogP contribution in [0.15, 0.2) is 24.3 Å². The number of nitrogens with one attached hydrogen (secondary N) is 1. The summed E-state index contributed by atoms with van der Waals surface area (Å²) >= 11 is 0. The van der Waals surface area contributed by atoms with Crippen molar-refractivity contribution in [2.45, 2.75) is 45.7 Å². The molecule has 1 unspecified atom stereocenters. The van der Waals surface area contributed by atoms with Gasteiger partial charge < -0.3 is 21.3 Å². The lowest BCUT2D eigenvalue weighted by Gasteiger charge is -2.32. The molecule has 0 aliphatic rings. The van der Waals surface area contributed by atoms with E-state index in [0.717, 1.165) is 5.56 Å². The second-order valence-electron chi connectivity index (χ2n) is 6.42. The maximum Gasteiger partial charge on any atom is 0.237 e. The Morgan fingerprint density at radius 2 is 1.86 bits per heavy atom. The van der Waals surface area contributed by atoms with Gasteiger partial charge in [-0.15, -0.1) is 0 Å². The highest BCUT2D eigenvalue weighted by Gasteiger charge is 2.27. The lowest BCUT2D eigenvalue weighted by molar-refractivity contribution is -0.124. The minimum Gasteiger partial charge on any atom is -0.508 e. The molecule has 0 aromatic heterocycles. The molecule has 0 radical (unpaired) electrons. The Hall–Kier alpha value is -1.59. The number of carbonyl (C=O) groups excluding carboxylic acids is 1. The van der Waals surface area contributed by atoms with Crippen LogP contribution in [0.2, 0.25) is 0 Å². The number of aromatic hydroxyl groups is 1. The van der Waals surface area contributed by atoms with Gasteiger partial charge in [-0.3, -0.25) is 4.79 Å². The van der Waals surface area contributed by atoms with Gasteiger partial charge in [-0.2, -0.15) is 0 Å². The molecule has 0 saturated heterocycles. The standard InChI is InChI=1S/C16H26N2O3/c1-16(2,3)14(8-9-19)18-15(21)13(17)10-11-4-6-12(20)7-5-11/h4-7,13-14,19-20H,8-10,17H2,1-3H3,(H,18,21)/t13-,14?/m1/s1. The van der Waals surface area contributed by atoms with E-state index in [0.29, 0.717) is 12.8 Å². The van der Waals surface area contributed by atoms with Crippen molar-refractivity contribution in [1.29, 1.82) is 0 Å². The smallest absolute Gasteiger partial charge is 0.237 e. The third-order valence-electron chi connectivity index (χ3n) is 3.51. The van der Waals surface area contributed by atoms with E-state index in [2.05, 4.69) is 5.32 Å². The fraction of sp³-hybridized carbons (Fsp3) is 0.562. The monoisotopic (exact) mass is 294 g/mol. The second-order valence-corrected chi connectivity index (χ2v) is 6.42. The summed E-state index contributed by atoms with van der Waals surface area (Å²) in [6.45, 7) is 6.06. The average molecular weight is 294 g/mol. The Morgan fingerprint density at radius 1 is 1.29 bits per heavy atom. The summed E-state index contributed by atoms with van der Waals surface area (Å²) in [5.74, 6) is -0.0380. The maximum absolute atomic E-state index is 12.2. The zero-order valence-electron chi connectivity index (χ0n) is 13.0. The van der Waals surface area contributed by atoms with Crippen molar-refractivity contribution in [2.24, 2.45) is 11.1 Å². The van der Waals surface area contributed by atoms with Gasteiger partial charge in [-0.25, -0.2) is 0 Å². The van der Waals surface area contributed by atoms with Crippen LogP contribution in [0.5, 0.6) is 5.75 Å². The SMILES string of the molecule is CC(C)(C)C(CCO)NC(=O)[C@H](N)Cc1ccc(O)cc1. The van der Waals surface area contributed by atoms with Gasteiger partial charge in [0.25, 0.3) is 0 Å². The molecule has 1 aromatic carbocycles. The highest BCUT2D eigenvalue weighted by Crippen LogP contribution is 2.21. The number of phenols is 1. The highest BCUT2D eigenvalue weighted by molar-refractivity contribution is 5.82. The molecule has 0 spiro atoms. The first-order chi connectivity index (χ1) is 9.74. The van der Waals surface area contributed by atoms with Crippen molar-refractivity contribution in [3.63, 3.8) is 0 Å². The van der Waals surface area contributed by atoms with Gasteiger partial charge in [0.15, 0.2) is 0 Å². The first kappa shape index (κ1) is 17.5. The van der Waals surface area contributed by atoms with E-state index in [1.165, 1.54) is 0 Å². The van der Waals surface area contributed by atoms with Crippen molar-refractivity contribution in [3.8, 4) is 5.75 Å². The summed E-state index contributed by atoms with van der Waals surface area (Å²) in [6.07, 6.45) is 0.906. The Labute approximate surface area is 126 Å². The number of nitrogens with two attached hydrogens (primary N) is 1. The maximum atomic E-state index is 12.2. The van der Waals surface area contributed by atoms with Crippen LogP contribution in [0.1, 0.15) is 32.8 Å². The molecule has 1 aromatic rings. The van der Waals surface area contributed by atoms with Crippen molar-refractivity contribution < 1.29 is 15.0 Å². The topological polar surface area (TPSA) is 95.6 Å². The van der Waals surface area contributed by atoms with Crippen LogP contribution in [0.4, 0.5) is 0 Å². The number of aliphatic hydroxyl groups is 1. The van der Waals surface area contributed by atoms with Crippen molar-refractivity contribution >= 4 is 5.91 Å². The molecule has 5 N–H and O–H groups in total. The third kappa shape index (κ3) is 5.73. The zero-order chi connectivity index (χ0) is 16.0. The van der Waals surface area contributed by atoms with Crippen LogP contribution in [0.3, 0.4) is 0 Å².